The normalized spacial score (nSPS) is 20.8. The van der Waals surface area contributed by atoms with Crippen LogP contribution in [-0.2, 0) is 11.0 Å². The second-order valence-electron chi connectivity index (χ2n) is 5.14. The van der Waals surface area contributed by atoms with Crippen molar-refractivity contribution in [2.24, 2.45) is 0 Å². The zero-order valence-corrected chi connectivity index (χ0v) is 11.2. The summed E-state index contributed by atoms with van der Waals surface area (Å²) in [5.41, 5.74) is 2.88. The van der Waals surface area contributed by atoms with E-state index in [1.54, 1.807) is 0 Å². The van der Waals surface area contributed by atoms with Gasteiger partial charge >= 0.3 is 5.69 Å². The third-order valence-electron chi connectivity index (χ3n) is 3.91. The highest BCUT2D eigenvalue weighted by atomic mass is 31.2. The van der Waals surface area contributed by atoms with Gasteiger partial charge in [0.05, 0.1) is 16.3 Å². The minimum absolute atomic E-state index is 0.269. The maximum atomic E-state index is 12.0. The van der Waals surface area contributed by atoms with Crippen molar-refractivity contribution in [2.45, 2.75) is 6.42 Å². The second-order valence-corrected chi connectivity index (χ2v) is 7.66. The number of H-pyrrole nitrogens is 2. The number of aromatic nitrogens is 2. The molecule has 3 aliphatic rings. The summed E-state index contributed by atoms with van der Waals surface area (Å²) in [6.45, 7) is 0. The smallest absolute Gasteiger partial charge is 0.323 e. The SMILES string of the molecule is O=c1[nH]c(Cc2ccccc2)c(-c2oc3c4c2P34=O)[nH]1. The van der Waals surface area contributed by atoms with Gasteiger partial charge in [-0.1, -0.05) is 30.3 Å². The van der Waals surface area contributed by atoms with Crippen molar-refractivity contribution in [1.82, 2.24) is 9.97 Å². The summed E-state index contributed by atoms with van der Waals surface area (Å²) in [7, 11) is -2.25. The minimum Gasteiger partial charge on any atom is -0.449 e. The van der Waals surface area contributed by atoms with Crippen LogP contribution >= 0.6 is 7.14 Å². The van der Waals surface area contributed by atoms with Crippen LogP contribution in [0.3, 0.4) is 0 Å². The van der Waals surface area contributed by atoms with E-state index in [1.165, 1.54) is 0 Å². The molecular weight excluding hydrogens is 275 g/mol. The fourth-order valence-electron chi connectivity index (χ4n) is 2.82. The zero-order chi connectivity index (χ0) is 13.5. The van der Waals surface area contributed by atoms with Gasteiger partial charge in [0.15, 0.2) is 11.3 Å². The Hall–Kier alpha value is -2.26. The van der Waals surface area contributed by atoms with Crippen molar-refractivity contribution in [3.05, 3.63) is 52.1 Å². The van der Waals surface area contributed by atoms with E-state index in [4.69, 9.17) is 4.42 Å². The molecule has 0 fully saturated rings. The third kappa shape index (κ3) is 1.10. The van der Waals surface area contributed by atoms with E-state index in [2.05, 4.69) is 9.97 Å². The molecule has 2 N–H and O–H groups in total. The van der Waals surface area contributed by atoms with E-state index in [1.807, 2.05) is 30.3 Å². The molecule has 5 heterocycles. The molecule has 0 saturated heterocycles. The Morgan fingerprint density at radius 3 is 2.50 bits per heavy atom. The molecule has 6 rings (SSSR count). The van der Waals surface area contributed by atoms with Crippen LogP contribution < -0.4 is 21.8 Å². The van der Waals surface area contributed by atoms with E-state index in [9.17, 15) is 9.36 Å². The van der Waals surface area contributed by atoms with E-state index >= 15 is 0 Å². The van der Waals surface area contributed by atoms with Crippen molar-refractivity contribution >= 4 is 23.3 Å². The highest BCUT2D eigenvalue weighted by Crippen LogP contribution is 2.70. The van der Waals surface area contributed by atoms with Gasteiger partial charge in [-0.05, 0) is 5.56 Å². The molecule has 0 saturated carbocycles. The van der Waals surface area contributed by atoms with Crippen LogP contribution in [0.1, 0.15) is 11.3 Å². The van der Waals surface area contributed by atoms with E-state index in [-0.39, 0.29) is 5.69 Å². The number of hydrogen-bond donors (Lipinski definition) is 2. The molecule has 0 aliphatic carbocycles. The molecule has 0 radical (unpaired) electrons. The van der Waals surface area contributed by atoms with Crippen LogP contribution in [0.15, 0.2) is 39.5 Å². The maximum absolute atomic E-state index is 12.0. The number of fused-ring (bicyclic) bond motifs is 1. The van der Waals surface area contributed by atoms with Crippen LogP contribution in [0.2, 0.25) is 0 Å². The lowest BCUT2D eigenvalue weighted by molar-refractivity contribution is 0.590. The van der Waals surface area contributed by atoms with Gasteiger partial charge in [0, 0.05) is 6.42 Å². The number of benzene rings is 1. The first-order valence-electron chi connectivity index (χ1n) is 6.33. The minimum atomic E-state index is -2.25. The predicted molar refractivity (Wildman–Crippen MR) is 74.9 cm³/mol. The standard InChI is InChI=1S/C14H9N2O3P/c17-14-15-8(6-7-4-2-1-3-5-7)9(16-14)10-11-12-13(19-10)20(11,12)18/h1-5H,6H2,(H2,15,16,17). The fourth-order valence-corrected chi connectivity index (χ4v) is 5.30. The van der Waals surface area contributed by atoms with Crippen LogP contribution in [0, 0.1) is 0 Å². The van der Waals surface area contributed by atoms with Gasteiger partial charge < -0.3 is 19.0 Å². The molecule has 1 atom stereocenters. The van der Waals surface area contributed by atoms with Gasteiger partial charge in [-0.2, -0.15) is 0 Å². The Labute approximate surface area is 113 Å². The average Bonchev–Trinajstić information content (AvgIpc) is 2.99. The summed E-state index contributed by atoms with van der Waals surface area (Å²) < 4.78 is 17.6. The third-order valence-corrected chi connectivity index (χ3v) is 6.46. The van der Waals surface area contributed by atoms with E-state index in [0.29, 0.717) is 23.4 Å². The Balaban J connectivity index is 1.61. The molecule has 98 valence electrons. The molecule has 0 spiro atoms. The van der Waals surface area contributed by atoms with Gasteiger partial charge in [0.1, 0.15) is 5.69 Å². The number of furan rings is 1. The van der Waals surface area contributed by atoms with Gasteiger partial charge in [-0.25, -0.2) is 4.79 Å². The second kappa shape index (κ2) is 3.07. The van der Waals surface area contributed by atoms with Crippen molar-refractivity contribution in [3.63, 3.8) is 0 Å². The summed E-state index contributed by atoms with van der Waals surface area (Å²) in [6, 6.07) is 9.86. The molecule has 2 bridgehead atoms. The summed E-state index contributed by atoms with van der Waals surface area (Å²) in [4.78, 5) is 17.1. The van der Waals surface area contributed by atoms with Crippen LogP contribution in [-0.4, -0.2) is 9.97 Å². The Bertz CT molecular complexity index is 969. The van der Waals surface area contributed by atoms with Crippen molar-refractivity contribution < 1.29 is 8.98 Å². The van der Waals surface area contributed by atoms with Crippen LogP contribution in [0.5, 0.6) is 0 Å². The number of nitrogens with one attached hydrogen (secondary N) is 2. The molecule has 5 nitrogen and oxygen atoms in total. The van der Waals surface area contributed by atoms with Crippen LogP contribution in [0.4, 0.5) is 0 Å². The predicted octanol–water partition coefficient (Wildman–Crippen LogP) is 0.820. The van der Waals surface area contributed by atoms with Crippen molar-refractivity contribution in [1.29, 1.82) is 0 Å². The number of aromatic amines is 2. The van der Waals surface area contributed by atoms with E-state index in [0.717, 1.165) is 21.9 Å². The summed E-state index contributed by atoms with van der Waals surface area (Å²) in [6.07, 6.45) is 0.601. The summed E-state index contributed by atoms with van der Waals surface area (Å²) in [5, 5.41) is 1.73. The largest absolute Gasteiger partial charge is 0.449 e. The highest BCUT2D eigenvalue weighted by molar-refractivity contribution is 8.06. The van der Waals surface area contributed by atoms with Crippen molar-refractivity contribution in [3.8, 4) is 11.5 Å². The van der Waals surface area contributed by atoms with E-state index < -0.39 is 7.14 Å². The Morgan fingerprint density at radius 1 is 1.10 bits per heavy atom. The monoisotopic (exact) mass is 284 g/mol. The van der Waals surface area contributed by atoms with Gasteiger partial charge in [-0.3, -0.25) is 0 Å². The lowest BCUT2D eigenvalue weighted by atomic mass is 10.1. The quantitative estimate of drug-likeness (QED) is 0.481. The Morgan fingerprint density at radius 2 is 1.85 bits per heavy atom. The van der Waals surface area contributed by atoms with Gasteiger partial charge in [0.2, 0.25) is 7.14 Å². The Kier molecular flexibility index (Phi) is 1.62. The zero-order valence-electron chi connectivity index (χ0n) is 10.3. The first-order valence-corrected chi connectivity index (χ1v) is 8.04. The lowest BCUT2D eigenvalue weighted by Crippen LogP contribution is -2.01. The molecule has 20 heavy (non-hydrogen) atoms. The lowest BCUT2D eigenvalue weighted by Gasteiger charge is -2.01. The molecule has 6 heteroatoms. The summed E-state index contributed by atoms with van der Waals surface area (Å²) >= 11 is 0. The van der Waals surface area contributed by atoms with Crippen molar-refractivity contribution in [2.75, 3.05) is 0 Å². The maximum Gasteiger partial charge on any atom is 0.323 e. The summed E-state index contributed by atoms with van der Waals surface area (Å²) in [5.74, 6) is 0.586. The molecule has 1 unspecified atom stereocenters. The fraction of sp³-hybridized carbons (Fsp3) is 0.0714. The molecule has 2 aromatic heterocycles. The number of imidazole rings is 1. The average molecular weight is 284 g/mol. The molecule has 1 aromatic carbocycles. The van der Waals surface area contributed by atoms with Gasteiger partial charge in [-0.15, -0.1) is 0 Å². The molecule has 3 aromatic rings. The molecule has 0 amide bonds. The number of rotatable bonds is 3. The molecule has 3 aliphatic heterocycles. The molecular formula is C14H9N2O3P. The topological polar surface area (TPSA) is 78.9 Å². The highest BCUT2D eigenvalue weighted by Gasteiger charge is 2.74. The first kappa shape index (κ1) is 10.5. The van der Waals surface area contributed by atoms with Crippen LogP contribution in [0.25, 0.3) is 11.5 Å². The van der Waals surface area contributed by atoms with Gasteiger partial charge in [0.25, 0.3) is 0 Å². The first-order chi connectivity index (χ1) is 9.69. The number of hydrogen-bond acceptors (Lipinski definition) is 3.